The maximum Gasteiger partial charge on any atom is 0.316 e. The lowest BCUT2D eigenvalue weighted by Crippen LogP contribution is -2.37. The van der Waals surface area contributed by atoms with Crippen LogP contribution in [0.4, 0.5) is 10.5 Å². The van der Waals surface area contributed by atoms with Crippen LogP contribution in [0.15, 0.2) is 24.3 Å². The molecule has 1 aromatic rings. The third kappa shape index (κ3) is 4.99. The Labute approximate surface area is 114 Å². The molecule has 0 radical (unpaired) electrons. The van der Waals surface area contributed by atoms with E-state index in [-0.39, 0.29) is 11.8 Å². The van der Waals surface area contributed by atoms with Gasteiger partial charge in [-0.1, -0.05) is 6.92 Å². The molecule has 5 nitrogen and oxygen atoms in total. The molecule has 0 atom stereocenters. The van der Waals surface area contributed by atoms with Gasteiger partial charge in [-0.3, -0.25) is 4.79 Å². The van der Waals surface area contributed by atoms with Crippen molar-refractivity contribution in [2.24, 2.45) is 0 Å². The highest BCUT2D eigenvalue weighted by atomic mass is 16.2. The zero-order chi connectivity index (χ0) is 14.3. The van der Waals surface area contributed by atoms with Crippen molar-refractivity contribution < 1.29 is 9.59 Å². The summed E-state index contributed by atoms with van der Waals surface area (Å²) < 4.78 is 0. The molecule has 0 unspecified atom stereocenters. The second kappa shape index (κ2) is 7.41. The molecule has 104 valence electrons. The first-order chi connectivity index (χ1) is 9.04. The monoisotopic (exact) mass is 263 g/mol. The molecule has 0 spiro atoms. The highest BCUT2D eigenvalue weighted by Gasteiger charge is 2.03. The molecular weight excluding hydrogens is 242 g/mol. The van der Waals surface area contributed by atoms with Gasteiger partial charge < -0.3 is 15.5 Å². The van der Waals surface area contributed by atoms with Crippen molar-refractivity contribution in [2.75, 3.05) is 32.5 Å². The quantitative estimate of drug-likeness (QED) is 0.609. The topological polar surface area (TPSA) is 61.4 Å². The van der Waals surface area contributed by atoms with Crippen LogP contribution >= 0.6 is 0 Å². The molecule has 0 aliphatic heterocycles. The molecule has 1 aromatic carbocycles. The Hall–Kier alpha value is -2.04. The number of hydrogen-bond acceptors (Lipinski definition) is 3. The molecule has 0 aliphatic carbocycles. The first-order valence-electron chi connectivity index (χ1n) is 6.37. The van der Waals surface area contributed by atoms with E-state index in [1.54, 1.807) is 14.1 Å². The molecule has 0 bridgehead atoms. The zero-order valence-corrected chi connectivity index (χ0v) is 11.7. The highest BCUT2D eigenvalue weighted by molar-refractivity contribution is 5.96. The van der Waals surface area contributed by atoms with E-state index in [0.717, 1.165) is 11.3 Å². The lowest BCUT2D eigenvalue weighted by atomic mass is 10.1. The normalized spacial score (nSPS) is 9.84. The number of ketones is 1. The van der Waals surface area contributed by atoms with Gasteiger partial charge in [0.25, 0.3) is 0 Å². The van der Waals surface area contributed by atoms with E-state index in [4.69, 9.17) is 0 Å². The van der Waals surface area contributed by atoms with Crippen molar-refractivity contribution in [3.8, 4) is 0 Å². The fraction of sp³-hybridized carbons (Fsp3) is 0.429. The van der Waals surface area contributed by atoms with Crippen molar-refractivity contribution in [3.63, 3.8) is 0 Å². The van der Waals surface area contributed by atoms with Gasteiger partial charge in [0.05, 0.1) is 0 Å². The van der Waals surface area contributed by atoms with Gasteiger partial charge in [-0.2, -0.15) is 0 Å². The van der Waals surface area contributed by atoms with E-state index < -0.39 is 0 Å². The van der Waals surface area contributed by atoms with Crippen molar-refractivity contribution >= 4 is 17.5 Å². The minimum atomic E-state index is -0.106. The first-order valence-corrected chi connectivity index (χ1v) is 6.37. The predicted molar refractivity (Wildman–Crippen MR) is 76.6 cm³/mol. The lowest BCUT2D eigenvalue weighted by Gasteiger charge is -2.12. The number of carbonyl (C=O) groups excluding carboxylic acids is 2. The Bertz CT molecular complexity index is 427. The fourth-order valence-electron chi connectivity index (χ4n) is 1.51. The molecule has 19 heavy (non-hydrogen) atoms. The first kappa shape index (κ1) is 15.0. The van der Waals surface area contributed by atoms with Crippen molar-refractivity contribution in [3.05, 3.63) is 29.8 Å². The molecule has 0 saturated carbocycles. The van der Waals surface area contributed by atoms with E-state index in [2.05, 4.69) is 10.6 Å². The molecule has 0 heterocycles. The summed E-state index contributed by atoms with van der Waals surface area (Å²) in [5.41, 5.74) is 1.67. The molecule has 1 rings (SSSR count). The molecular formula is C14H21N3O2. The summed E-state index contributed by atoms with van der Waals surface area (Å²) in [5.74, 6) is 0.143. The summed E-state index contributed by atoms with van der Waals surface area (Å²) in [6.07, 6.45) is 0.517. The standard InChI is InChI=1S/C14H21N3O2/c1-4-13(18)11-5-7-12(8-6-11)15-9-10-16-14(19)17(2)3/h5-8,15H,4,9-10H2,1-3H3,(H,16,19). The number of amides is 2. The predicted octanol–water partition coefficient (Wildman–Crippen LogP) is 1.96. The number of Topliss-reactive ketones (excluding diaryl/α,β-unsaturated/α-hetero) is 1. The van der Waals surface area contributed by atoms with Crippen molar-refractivity contribution in [1.82, 2.24) is 10.2 Å². The summed E-state index contributed by atoms with van der Waals surface area (Å²) in [7, 11) is 3.40. The summed E-state index contributed by atoms with van der Waals surface area (Å²) in [6.45, 7) is 3.04. The highest BCUT2D eigenvalue weighted by Crippen LogP contribution is 2.10. The molecule has 0 aliphatic rings. The molecule has 2 N–H and O–H groups in total. The minimum absolute atomic E-state index is 0.106. The van der Waals surface area contributed by atoms with Gasteiger partial charge in [0.2, 0.25) is 0 Å². The number of rotatable bonds is 6. The fourth-order valence-corrected chi connectivity index (χ4v) is 1.51. The van der Waals surface area contributed by atoms with Crippen molar-refractivity contribution in [2.45, 2.75) is 13.3 Å². The average Bonchev–Trinajstić information content (AvgIpc) is 2.43. The van der Waals surface area contributed by atoms with Crippen molar-refractivity contribution in [1.29, 1.82) is 0 Å². The van der Waals surface area contributed by atoms with Crippen LogP contribution in [0, 0.1) is 0 Å². The van der Waals surface area contributed by atoms with Gasteiger partial charge in [0.15, 0.2) is 5.78 Å². The molecule has 2 amide bonds. The Balaban J connectivity index is 2.34. The third-order valence-electron chi connectivity index (χ3n) is 2.66. The third-order valence-corrected chi connectivity index (χ3v) is 2.66. The van der Waals surface area contributed by atoms with Crippen LogP contribution in [-0.2, 0) is 0 Å². The van der Waals surface area contributed by atoms with Gasteiger partial charge in [0.1, 0.15) is 0 Å². The second-order valence-corrected chi connectivity index (χ2v) is 4.41. The Morgan fingerprint density at radius 3 is 2.26 bits per heavy atom. The average molecular weight is 263 g/mol. The number of nitrogens with one attached hydrogen (secondary N) is 2. The Morgan fingerprint density at radius 2 is 1.74 bits per heavy atom. The summed E-state index contributed by atoms with van der Waals surface area (Å²) >= 11 is 0. The number of nitrogens with zero attached hydrogens (tertiary/aromatic N) is 1. The lowest BCUT2D eigenvalue weighted by molar-refractivity contribution is 0.0988. The van der Waals surface area contributed by atoms with Gasteiger partial charge >= 0.3 is 6.03 Å². The smallest absolute Gasteiger partial charge is 0.316 e. The number of benzene rings is 1. The molecule has 5 heteroatoms. The van der Waals surface area contributed by atoms with Crippen LogP contribution < -0.4 is 10.6 Å². The van der Waals surface area contributed by atoms with Crippen LogP contribution in [0.5, 0.6) is 0 Å². The van der Waals surface area contributed by atoms with E-state index in [1.165, 1.54) is 4.90 Å². The Morgan fingerprint density at radius 1 is 1.11 bits per heavy atom. The SMILES string of the molecule is CCC(=O)c1ccc(NCCNC(=O)N(C)C)cc1. The number of hydrogen-bond donors (Lipinski definition) is 2. The van der Waals surface area contributed by atoms with E-state index in [9.17, 15) is 9.59 Å². The van der Waals surface area contributed by atoms with Crippen LogP contribution in [0.3, 0.4) is 0 Å². The summed E-state index contributed by atoms with van der Waals surface area (Å²) in [4.78, 5) is 24.2. The van der Waals surface area contributed by atoms with Gasteiger partial charge in [-0.15, -0.1) is 0 Å². The second-order valence-electron chi connectivity index (χ2n) is 4.41. The summed E-state index contributed by atoms with van der Waals surface area (Å²) in [6, 6.07) is 7.26. The van der Waals surface area contributed by atoms with Gasteiger partial charge in [0, 0.05) is 44.9 Å². The van der Waals surface area contributed by atoms with E-state index in [0.29, 0.717) is 19.5 Å². The maximum atomic E-state index is 11.5. The number of urea groups is 1. The van der Waals surface area contributed by atoms with Crippen LogP contribution in [-0.4, -0.2) is 43.9 Å². The Kier molecular flexibility index (Phi) is 5.85. The van der Waals surface area contributed by atoms with E-state index in [1.807, 2.05) is 31.2 Å². The zero-order valence-electron chi connectivity index (χ0n) is 11.7. The molecule has 0 fully saturated rings. The van der Waals surface area contributed by atoms with Gasteiger partial charge in [-0.05, 0) is 24.3 Å². The molecule has 0 saturated heterocycles. The summed E-state index contributed by atoms with van der Waals surface area (Å²) in [5, 5.41) is 5.94. The van der Waals surface area contributed by atoms with Crippen LogP contribution in [0.25, 0.3) is 0 Å². The van der Waals surface area contributed by atoms with E-state index >= 15 is 0 Å². The minimum Gasteiger partial charge on any atom is -0.383 e. The largest absolute Gasteiger partial charge is 0.383 e. The maximum absolute atomic E-state index is 11.5. The number of anilines is 1. The molecule has 0 aromatic heterocycles. The van der Waals surface area contributed by atoms with Gasteiger partial charge in [-0.25, -0.2) is 4.79 Å². The van der Waals surface area contributed by atoms with Crippen LogP contribution in [0.1, 0.15) is 23.7 Å². The number of carbonyl (C=O) groups is 2. The van der Waals surface area contributed by atoms with Crippen LogP contribution in [0.2, 0.25) is 0 Å².